The Hall–Kier alpha value is -2.01. The van der Waals surface area contributed by atoms with E-state index in [4.69, 9.17) is 9.47 Å². The minimum absolute atomic E-state index is 0.0766. The molecule has 0 saturated heterocycles. The van der Waals surface area contributed by atoms with Gasteiger partial charge < -0.3 is 14.8 Å². The molecule has 2 rings (SSSR count). The molecule has 0 aliphatic carbocycles. The molecule has 2 aromatic carbocycles. The molecule has 0 spiro atoms. The van der Waals surface area contributed by atoms with Crippen LogP contribution in [0.25, 0.3) is 0 Å². The number of methoxy groups -OCH3 is 1. The molecule has 22 heavy (non-hydrogen) atoms. The molecule has 0 saturated carbocycles. The molecule has 5 heteroatoms. The lowest BCUT2D eigenvalue weighted by Gasteiger charge is -2.12. The number of halogens is 1. The number of amides is 1. The van der Waals surface area contributed by atoms with Gasteiger partial charge >= 0.3 is 0 Å². The lowest BCUT2D eigenvalue weighted by Crippen LogP contribution is -2.12. The highest BCUT2D eigenvalue weighted by molar-refractivity contribution is 9.10. The summed E-state index contributed by atoms with van der Waals surface area (Å²) in [5.74, 6) is 1.22. The SMILES string of the molecule is COc1cccc(NC(=O)c2ccc(OC(C)C)c(Br)c2)c1. The highest BCUT2D eigenvalue weighted by Crippen LogP contribution is 2.27. The van der Waals surface area contributed by atoms with Crippen molar-refractivity contribution in [2.45, 2.75) is 20.0 Å². The third-order valence-electron chi connectivity index (χ3n) is 2.88. The molecule has 1 amide bonds. The Kier molecular flexibility index (Phi) is 5.44. The summed E-state index contributed by atoms with van der Waals surface area (Å²) in [4.78, 5) is 12.3. The van der Waals surface area contributed by atoms with Crippen molar-refractivity contribution in [3.8, 4) is 11.5 Å². The van der Waals surface area contributed by atoms with Crippen molar-refractivity contribution in [2.24, 2.45) is 0 Å². The smallest absolute Gasteiger partial charge is 0.255 e. The van der Waals surface area contributed by atoms with Crippen molar-refractivity contribution in [3.63, 3.8) is 0 Å². The number of carbonyl (C=O) groups excluding carboxylic acids is 1. The van der Waals surface area contributed by atoms with Crippen LogP contribution in [0.1, 0.15) is 24.2 Å². The fourth-order valence-corrected chi connectivity index (χ4v) is 2.37. The summed E-state index contributed by atoms with van der Waals surface area (Å²) in [6, 6.07) is 12.5. The largest absolute Gasteiger partial charge is 0.497 e. The van der Waals surface area contributed by atoms with Gasteiger partial charge in [-0.05, 0) is 60.1 Å². The monoisotopic (exact) mass is 363 g/mol. The number of anilines is 1. The van der Waals surface area contributed by atoms with Crippen molar-refractivity contribution in [3.05, 3.63) is 52.5 Å². The molecule has 0 aromatic heterocycles. The number of nitrogens with one attached hydrogen (secondary N) is 1. The third-order valence-corrected chi connectivity index (χ3v) is 3.50. The van der Waals surface area contributed by atoms with Crippen LogP contribution in [0, 0.1) is 0 Å². The molecule has 0 aliphatic rings. The van der Waals surface area contributed by atoms with Crippen molar-refractivity contribution in [1.82, 2.24) is 0 Å². The molecular formula is C17H18BrNO3. The first-order valence-corrected chi connectivity index (χ1v) is 7.70. The minimum Gasteiger partial charge on any atom is -0.497 e. The van der Waals surface area contributed by atoms with Gasteiger partial charge in [-0.2, -0.15) is 0 Å². The molecule has 1 N–H and O–H groups in total. The van der Waals surface area contributed by atoms with Crippen LogP contribution in [0.2, 0.25) is 0 Å². The van der Waals surface area contributed by atoms with E-state index >= 15 is 0 Å². The predicted molar refractivity (Wildman–Crippen MR) is 90.9 cm³/mol. The van der Waals surface area contributed by atoms with Gasteiger partial charge in [0.15, 0.2) is 0 Å². The Morgan fingerprint density at radius 3 is 2.59 bits per heavy atom. The van der Waals surface area contributed by atoms with Gasteiger partial charge in [-0.25, -0.2) is 0 Å². The highest BCUT2D eigenvalue weighted by atomic mass is 79.9. The van der Waals surface area contributed by atoms with Crippen molar-refractivity contribution >= 4 is 27.5 Å². The molecule has 4 nitrogen and oxygen atoms in total. The Bertz CT molecular complexity index is 671. The van der Waals surface area contributed by atoms with Gasteiger partial charge in [-0.15, -0.1) is 0 Å². The van der Waals surface area contributed by atoms with Crippen LogP contribution in [-0.2, 0) is 0 Å². The zero-order valence-corrected chi connectivity index (χ0v) is 14.3. The molecule has 0 bridgehead atoms. The zero-order valence-electron chi connectivity index (χ0n) is 12.7. The molecule has 2 aromatic rings. The summed E-state index contributed by atoms with van der Waals surface area (Å²) < 4.78 is 11.5. The molecule has 0 aliphatic heterocycles. The van der Waals surface area contributed by atoms with E-state index in [1.165, 1.54) is 0 Å². The van der Waals surface area contributed by atoms with Crippen LogP contribution >= 0.6 is 15.9 Å². The number of ether oxygens (including phenoxy) is 2. The maximum Gasteiger partial charge on any atom is 0.255 e. The van der Waals surface area contributed by atoms with E-state index in [0.717, 1.165) is 4.47 Å². The first kappa shape index (κ1) is 16.4. The van der Waals surface area contributed by atoms with Crippen LogP contribution in [0.15, 0.2) is 46.9 Å². The van der Waals surface area contributed by atoms with Gasteiger partial charge in [-0.3, -0.25) is 4.79 Å². The number of rotatable bonds is 5. The summed E-state index contributed by atoms with van der Waals surface area (Å²) in [5.41, 5.74) is 1.23. The van der Waals surface area contributed by atoms with E-state index in [0.29, 0.717) is 22.7 Å². The second-order valence-electron chi connectivity index (χ2n) is 5.00. The quantitative estimate of drug-likeness (QED) is 0.850. The van der Waals surface area contributed by atoms with Crippen molar-refractivity contribution in [1.29, 1.82) is 0 Å². The van der Waals surface area contributed by atoms with Crippen LogP contribution < -0.4 is 14.8 Å². The first-order chi connectivity index (χ1) is 10.5. The average Bonchev–Trinajstić information content (AvgIpc) is 2.49. The topological polar surface area (TPSA) is 47.6 Å². The maximum atomic E-state index is 12.3. The van der Waals surface area contributed by atoms with E-state index in [1.54, 1.807) is 31.4 Å². The minimum atomic E-state index is -0.190. The lowest BCUT2D eigenvalue weighted by atomic mass is 10.2. The van der Waals surface area contributed by atoms with E-state index in [9.17, 15) is 4.79 Å². The van der Waals surface area contributed by atoms with Crippen LogP contribution in [0.3, 0.4) is 0 Å². The van der Waals surface area contributed by atoms with Gasteiger partial charge in [0.1, 0.15) is 11.5 Å². The van der Waals surface area contributed by atoms with Crippen molar-refractivity contribution in [2.75, 3.05) is 12.4 Å². The van der Waals surface area contributed by atoms with Gasteiger partial charge in [0.25, 0.3) is 5.91 Å². The Morgan fingerprint density at radius 1 is 1.18 bits per heavy atom. The Morgan fingerprint density at radius 2 is 1.95 bits per heavy atom. The number of carbonyl (C=O) groups is 1. The summed E-state index contributed by atoms with van der Waals surface area (Å²) in [5, 5.41) is 2.84. The van der Waals surface area contributed by atoms with Gasteiger partial charge in [-0.1, -0.05) is 6.07 Å². The second kappa shape index (κ2) is 7.31. The highest BCUT2D eigenvalue weighted by Gasteiger charge is 2.10. The fraction of sp³-hybridized carbons (Fsp3) is 0.235. The molecule has 0 unspecified atom stereocenters. The molecule has 116 valence electrons. The summed E-state index contributed by atoms with van der Waals surface area (Å²) in [6.45, 7) is 3.91. The van der Waals surface area contributed by atoms with E-state index in [2.05, 4.69) is 21.2 Å². The second-order valence-corrected chi connectivity index (χ2v) is 5.85. The number of benzene rings is 2. The lowest BCUT2D eigenvalue weighted by molar-refractivity contribution is 0.102. The molecule has 0 heterocycles. The molecule has 0 radical (unpaired) electrons. The third kappa shape index (κ3) is 4.24. The Balaban J connectivity index is 2.14. The first-order valence-electron chi connectivity index (χ1n) is 6.91. The molecule has 0 atom stereocenters. The normalized spacial score (nSPS) is 10.4. The van der Waals surface area contributed by atoms with E-state index < -0.39 is 0 Å². The standard InChI is InChI=1S/C17H18BrNO3/c1-11(2)22-16-8-7-12(9-15(16)18)17(20)19-13-5-4-6-14(10-13)21-3/h4-11H,1-3H3,(H,19,20). The molecule has 0 fully saturated rings. The summed E-state index contributed by atoms with van der Waals surface area (Å²) in [6.07, 6.45) is 0.0766. The average molecular weight is 364 g/mol. The van der Waals surface area contributed by atoms with Gasteiger partial charge in [0, 0.05) is 17.3 Å². The van der Waals surface area contributed by atoms with Crippen LogP contribution in [-0.4, -0.2) is 19.1 Å². The van der Waals surface area contributed by atoms with Crippen LogP contribution in [0.4, 0.5) is 5.69 Å². The number of hydrogen-bond acceptors (Lipinski definition) is 3. The maximum absolute atomic E-state index is 12.3. The zero-order chi connectivity index (χ0) is 16.1. The van der Waals surface area contributed by atoms with E-state index in [-0.39, 0.29) is 12.0 Å². The summed E-state index contributed by atoms with van der Waals surface area (Å²) in [7, 11) is 1.59. The Labute approximate surface area is 138 Å². The van der Waals surface area contributed by atoms with Crippen molar-refractivity contribution < 1.29 is 14.3 Å². The fourth-order valence-electron chi connectivity index (χ4n) is 1.90. The molecular weight excluding hydrogens is 346 g/mol. The predicted octanol–water partition coefficient (Wildman–Crippen LogP) is 4.50. The van der Waals surface area contributed by atoms with E-state index in [1.807, 2.05) is 32.0 Å². The number of hydrogen-bond donors (Lipinski definition) is 1. The van der Waals surface area contributed by atoms with Crippen LogP contribution in [0.5, 0.6) is 11.5 Å². The van der Waals surface area contributed by atoms with Gasteiger partial charge in [0.05, 0.1) is 17.7 Å². The summed E-state index contributed by atoms with van der Waals surface area (Å²) >= 11 is 3.43. The van der Waals surface area contributed by atoms with Gasteiger partial charge in [0.2, 0.25) is 0 Å².